The fourth-order valence-electron chi connectivity index (χ4n) is 2.72. The van der Waals surface area contributed by atoms with Crippen LogP contribution in [-0.2, 0) is 14.3 Å². The summed E-state index contributed by atoms with van der Waals surface area (Å²) in [7, 11) is 2.80. The Kier molecular flexibility index (Phi) is 6.27. The second-order valence-corrected chi connectivity index (χ2v) is 6.06. The quantitative estimate of drug-likeness (QED) is 0.699. The number of carbonyl (C=O) groups excluding carboxylic acids is 2. The molecule has 1 aromatic carbocycles. The second kappa shape index (κ2) is 8.24. The molecule has 0 saturated carbocycles. The maximum atomic E-state index is 12.8. The van der Waals surface area contributed by atoms with Crippen molar-refractivity contribution >= 4 is 29.4 Å². The summed E-state index contributed by atoms with van der Waals surface area (Å²) in [6, 6.07) is 1.69. The Morgan fingerprint density at radius 3 is 2.58 bits per heavy atom. The fourth-order valence-corrected chi connectivity index (χ4v) is 2.98. The summed E-state index contributed by atoms with van der Waals surface area (Å²) in [5, 5.41) is 9.38. The zero-order valence-electron chi connectivity index (χ0n) is 14.2. The van der Waals surface area contributed by atoms with E-state index in [-0.39, 0.29) is 41.2 Å². The number of carboxylic acids is 1. The van der Waals surface area contributed by atoms with Crippen LogP contribution in [0.15, 0.2) is 12.1 Å². The Bertz CT molecular complexity index is 725. The first-order valence-electron chi connectivity index (χ1n) is 7.63. The van der Waals surface area contributed by atoms with E-state index in [1.165, 1.54) is 31.3 Å². The normalized spacial score (nSPS) is 19.3. The lowest BCUT2D eigenvalue weighted by molar-refractivity contribution is -0.141. The third kappa shape index (κ3) is 4.17. The zero-order chi connectivity index (χ0) is 19.4. The standard InChI is InChI=1S/C16H19ClN2O7/c1-24-9-5-11(16(22)23)19(6-9)15(21)8-3-10(17)14(12(4-8)25-2)26-7-13(18)20/h3-4,9,11H,5-7H2,1-2H3,(H2,18,20)(H,22,23). The molecule has 0 aromatic heterocycles. The highest BCUT2D eigenvalue weighted by molar-refractivity contribution is 6.32. The number of amides is 2. The number of carbonyl (C=O) groups is 3. The van der Waals surface area contributed by atoms with Crippen LogP contribution in [0.5, 0.6) is 11.5 Å². The van der Waals surface area contributed by atoms with E-state index in [2.05, 4.69) is 0 Å². The number of carboxylic acid groups (broad SMARTS) is 1. The molecule has 26 heavy (non-hydrogen) atoms. The Morgan fingerprint density at radius 1 is 1.35 bits per heavy atom. The number of halogens is 1. The molecule has 1 aromatic rings. The molecule has 0 spiro atoms. The van der Waals surface area contributed by atoms with Crippen molar-refractivity contribution in [2.75, 3.05) is 27.4 Å². The molecule has 2 unspecified atom stereocenters. The Hall–Kier alpha value is -2.52. The third-order valence-electron chi connectivity index (χ3n) is 3.98. The number of hydrogen-bond donors (Lipinski definition) is 2. The first-order chi connectivity index (χ1) is 12.3. The molecule has 1 fully saturated rings. The SMILES string of the molecule is COc1cc(C(=O)N2CC(OC)CC2C(=O)O)cc(Cl)c1OCC(N)=O. The van der Waals surface area contributed by atoms with Gasteiger partial charge in [-0.05, 0) is 12.1 Å². The van der Waals surface area contributed by atoms with Gasteiger partial charge in [-0.25, -0.2) is 4.79 Å². The number of likely N-dealkylation sites (tertiary alicyclic amines) is 1. The number of rotatable bonds is 7. The Labute approximate surface area is 154 Å². The van der Waals surface area contributed by atoms with Crippen LogP contribution in [0.3, 0.4) is 0 Å². The highest BCUT2D eigenvalue weighted by Crippen LogP contribution is 2.37. The van der Waals surface area contributed by atoms with E-state index in [1.54, 1.807) is 0 Å². The largest absolute Gasteiger partial charge is 0.493 e. The van der Waals surface area contributed by atoms with Gasteiger partial charge < -0.3 is 30.0 Å². The monoisotopic (exact) mass is 386 g/mol. The Morgan fingerprint density at radius 2 is 2.04 bits per heavy atom. The topological polar surface area (TPSA) is 128 Å². The van der Waals surface area contributed by atoms with E-state index in [4.69, 9.17) is 31.5 Å². The van der Waals surface area contributed by atoms with Gasteiger partial charge in [0.05, 0.1) is 18.2 Å². The molecule has 2 amide bonds. The lowest BCUT2D eigenvalue weighted by Crippen LogP contribution is -2.40. The number of benzene rings is 1. The summed E-state index contributed by atoms with van der Waals surface area (Å²) in [5.41, 5.74) is 5.16. The molecule has 10 heteroatoms. The van der Waals surface area contributed by atoms with Crippen LogP contribution in [0.1, 0.15) is 16.8 Å². The fraction of sp³-hybridized carbons (Fsp3) is 0.438. The molecule has 9 nitrogen and oxygen atoms in total. The van der Waals surface area contributed by atoms with E-state index < -0.39 is 30.4 Å². The first-order valence-corrected chi connectivity index (χ1v) is 8.01. The van der Waals surface area contributed by atoms with Gasteiger partial charge in [-0.1, -0.05) is 11.6 Å². The molecule has 0 bridgehead atoms. The van der Waals surface area contributed by atoms with E-state index in [0.717, 1.165) is 0 Å². The molecule has 0 aliphatic carbocycles. The van der Waals surface area contributed by atoms with Gasteiger partial charge in [-0.15, -0.1) is 0 Å². The first kappa shape index (κ1) is 19.8. The minimum atomic E-state index is -1.11. The van der Waals surface area contributed by atoms with Crippen LogP contribution >= 0.6 is 11.6 Å². The smallest absolute Gasteiger partial charge is 0.326 e. The number of ether oxygens (including phenoxy) is 3. The molecular formula is C16H19ClN2O7. The minimum absolute atomic E-state index is 0.0308. The Balaban J connectivity index is 2.32. The van der Waals surface area contributed by atoms with E-state index >= 15 is 0 Å². The van der Waals surface area contributed by atoms with Crippen molar-refractivity contribution in [2.24, 2.45) is 5.73 Å². The van der Waals surface area contributed by atoms with Crippen molar-refractivity contribution in [3.63, 3.8) is 0 Å². The maximum absolute atomic E-state index is 12.8. The predicted molar refractivity (Wildman–Crippen MR) is 90.6 cm³/mol. The molecule has 1 saturated heterocycles. The van der Waals surface area contributed by atoms with Crippen LogP contribution in [0.2, 0.25) is 5.02 Å². The summed E-state index contributed by atoms with van der Waals surface area (Å²) < 4.78 is 15.5. The highest BCUT2D eigenvalue weighted by Gasteiger charge is 2.40. The molecule has 1 heterocycles. The molecule has 3 N–H and O–H groups in total. The molecule has 1 aliphatic heterocycles. The van der Waals surface area contributed by atoms with Crippen LogP contribution in [0, 0.1) is 0 Å². The van der Waals surface area contributed by atoms with Gasteiger partial charge >= 0.3 is 5.97 Å². The van der Waals surface area contributed by atoms with Crippen molar-refractivity contribution in [1.82, 2.24) is 4.90 Å². The van der Waals surface area contributed by atoms with Crippen molar-refractivity contribution in [3.05, 3.63) is 22.7 Å². The summed E-state index contributed by atoms with van der Waals surface area (Å²) in [5.74, 6) is -2.15. The molecule has 1 aliphatic rings. The van der Waals surface area contributed by atoms with Gasteiger partial charge in [0.2, 0.25) is 0 Å². The minimum Gasteiger partial charge on any atom is -0.493 e. The number of methoxy groups -OCH3 is 2. The number of hydrogen-bond acceptors (Lipinski definition) is 6. The van der Waals surface area contributed by atoms with E-state index in [9.17, 15) is 19.5 Å². The van der Waals surface area contributed by atoms with Gasteiger partial charge in [0.1, 0.15) is 6.04 Å². The van der Waals surface area contributed by atoms with Crippen molar-refractivity contribution < 1.29 is 33.7 Å². The van der Waals surface area contributed by atoms with E-state index in [1.807, 2.05) is 0 Å². The van der Waals surface area contributed by atoms with Gasteiger partial charge in [-0.3, -0.25) is 9.59 Å². The average Bonchev–Trinajstić information content (AvgIpc) is 3.03. The lowest BCUT2D eigenvalue weighted by Gasteiger charge is -2.22. The number of primary amides is 1. The molecule has 2 atom stereocenters. The van der Waals surface area contributed by atoms with Crippen molar-refractivity contribution in [2.45, 2.75) is 18.6 Å². The third-order valence-corrected chi connectivity index (χ3v) is 4.26. The van der Waals surface area contributed by atoms with Gasteiger partial charge in [0.25, 0.3) is 11.8 Å². The molecule has 142 valence electrons. The average molecular weight is 387 g/mol. The molecular weight excluding hydrogens is 368 g/mol. The lowest BCUT2D eigenvalue weighted by atomic mass is 10.1. The second-order valence-electron chi connectivity index (χ2n) is 5.65. The van der Waals surface area contributed by atoms with Gasteiger partial charge in [-0.2, -0.15) is 0 Å². The van der Waals surface area contributed by atoms with Crippen LogP contribution in [0.4, 0.5) is 0 Å². The molecule has 2 rings (SSSR count). The summed E-state index contributed by atoms with van der Waals surface area (Å²) in [6.45, 7) is -0.266. The zero-order valence-corrected chi connectivity index (χ0v) is 15.0. The number of nitrogens with two attached hydrogens (primary N) is 1. The van der Waals surface area contributed by atoms with Gasteiger partial charge in [0, 0.05) is 25.6 Å². The van der Waals surface area contributed by atoms with Crippen molar-refractivity contribution in [1.29, 1.82) is 0 Å². The van der Waals surface area contributed by atoms with Crippen LogP contribution in [0.25, 0.3) is 0 Å². The maximum Gasteiger partial charge on any atom is 0.326 e. The highest BCUT2D eigenvalue weighted by atomic mass is 35.5. The van der Waals surface area contributed by atoms with Crippen LogP contribution < -0.4 is 15.2 Å². The van der Waals surface area contributed by atoms with Crippen LogP contribution in [-0.4, -0.2) is 67.3 Å². The van der Waals surface area contributed by atoms with Crippen molar-refractivity contribution in [3.8, 4) is 11.5 Å². The van der Waals surface area contributed by atoms with E-state index in [0.29, 0.717) is 0 Å². The summed E-state index contributed by atoms with van der Waals surface area (Å²) >= 11 is 6.13. The summed E-state index contributed by atoms with van der Waals surface area (Å²) in [6.07, 6.45) is -0.169. The number of aliphatic carboxylic acids is 1. The molecule has 0 radical (unpaired) electrons. The van der Waals surface area contributed by atoms with Gasteiger partial charge in [0.15, 0.2) is 18.1 Å². The summed E-state index contributed by atoms with van der Waals surface area (Å²) in [4.78, 5) is 36.3. The number of nitrogens with zero attached hydrogens (tertiary/aromatic N) is 1. The predicted octanol–water partition coefficient (Wildman–Crippen LogP) is 0.527.